The lowest BCUT2D eigenvalue weighted by Crippen LogP contribution is -2.51. The third kappa shape index (κ3) is 4.84. The van der Waals surface area contributed by atoms with Crippen LogP contribution in [0.3, 0.4) is 0 Å². The molecule has 2 heterocycles. The number of halogens is 2. The Balaban J connectivity index is 1.34. The third-order valence-corrected chi connectivity index (χ3v) is 5.76. The highest BCUT2D eigenvalue weighted by molar-refractivity contribution is 6.31. The molecule has 160 valence electrons. The molecule has 3 amide bonds. The molecule has 1 fully saturated rings. The fourth-order valence-electron chi connectivity index (χ4n) is 3.30. The van der Waals surface area contributed by atoms with Crippen molar-refractivity contribution in [3.05, 3.63) is 69.8 Å². The smallest absolute Gasteiger partial charge is 0.321 e. The largest absolute Gasteiger partial charge is 0.355 e. The number of nitrogens with one attached hydrogen (secondary N) is 1. The van der Waals surface area contributed by atoms with E-state index in [1.165, 1.54) is 0 Å². The van der Waals surface area contributed by atoms with Gasteiger partial charge < -0.3 is 19.6 Å². The van der Waals surface area contributed by atoms with Gasteiger partial charge in [0.2, 0.25) is 0 Å². The summed E-state index contributed by atoms with van der Waals surface area (Å²) in [7, 11) is 0. The Labute approximate surface area is 189 Å². The number of aromatic nitrogens is 1. The molecule has 0 unspecified atom stereocenters. The Hall–Kier alpha value is -3.03. The number of amides is 3. The van der Waals surface area contributed by atoms with Gasteiger partial charge in [0.05, 0.1) is 0 Å². The summed E-state index contributed by atoms with van der Waals surface area (Å²) >= 11 is 12.1. The number of urea groups is 1. The van der Waals surface area contributed by atoms with Crippen molar-refractivity contribution in [2.75, 3.05) is 31.5 Å². The van der Waals surface area contributed by atoms with Gasteiger partial charge in [0.25, 0.3) is 5.91 Å². The van der Waals surface area contributed by atoms with Gasteiger partial charge in [-0.2, -0.15) is 0 Å². The maximum atomic E-state index is 12.8. The van der Waals surface area contributed by atoms with Gasteiger partial charge in [0.15, 0.2) is 11.5 Å². The van der Waals surface area contributed by atoms with E-state index in [1.54, 1.807) is 46.2 Å². The van der Waals surface area contributed by atoms with E-state index in [-0.39, 0.29) is 17.6 Å². The minimum atomic E-state index is -0.234. The summed E-state index contributed by atoms with van der Waals surface area (Å²) < 4.78 is 5.32. The summed E-state index contributed by atoms with van der Waals surface area (Å²) in [5.74, 6) is 0.239. The molecule has 0 saturated carbocycles. The van der Waals surface area contributed by atoms with Crippen LogP contribution in [0.1, 0.15) is 16.1 Å². The second-order valence-corrected chi connectivity index (χ2v) is 8.10. The molecule has 31 heavy (non-hydrogen) atoms. The van der Waals surface area contributed by atoms with E-state index < -0.39 is 0 Å². The normalized spacial score (nSPS) is 13.9. The van der Waals surface area contributed by atoms with Crippen LogP contribution >= 0.6 is 23.2 Å². The average Bonchev–Trinajstić information content (AvgIpc) is 3.26. The molecule has 1 N–H and O–H groups in total. The molecule has 1 saturated heterocycles. The molecule has 2 aromatic carbocycles. The molecule has 1 aliphatic rings. The van der Waals surface area contributed by atoms with Gasteiger partial charge in [0.1, 0.15) is 0 Å². The predicted octanol–water partition coefficient (Wildman–Crippen LogP) is 4.95. The Morgan fingerprint density at radius 2 is 1.74 bits per heavy atom. The van der Waals surface area contributed by atoms with Gasteiger partial charge in [-0.15, -0.1) is 0 Å². The molecule has 3 aromatic rings. The number of piperazine rings is 1. The van der Waals surface area contributed by atoms with Gasteiger partial charge in [0, 0.05) is 53.5 Å². The standard InChI is InChI=1S/C22H20Cl2N4O3/c1-14-5-6-17(12-18(14)24)25-22(30)28-9-7-27(8-10-28)21(29)19-13-20(31-26-19)15-3-2-4-16(23)11-15/h2-6,11-13H,7-10H2,1H3,(H,25,30). The molecular formula is C22H20Cl2N4O3. The topological polar surface area (TPSA) is 78.7 Å². The van der Waals surface area contributed by atoms with Gasteiger partial charge in [-0.05, 0) is 36.8 Å². The van der Waals surface area contributed by atoms with Crippen molar-refractivity contribution in [1.29, 1.82) is 0 Å². The van der Waals surface area contributed by atoms with Gasteiger partial charge in [-0.25, -0.2) is 4.79 Å². The van der Waals surface area contributed by atoms with Gasteiger partial charge in [-0.3, -0.25) is 4.79 Å². The van der Waals surface area contributed by atoms with E-state index in [2.05, 4.69) is 10.5 Å². The highest BCUT2D eigenvalue weighted by atomic mass is 35.5. The molecule has 9 heteroatoms. The number of anilines is 1. The lowest BCUT2D eigenvalue weighted by atomic mass is 10.1. The monoisotopic (exact) mass is 458 g/mol. The summed E-state index contributed by atoms with van der Waals surface area (Å²) in [5.41, 5.74) is 2.55. The Morgan fingerprint density at radius 3 is 2.45 bits per heavy atom. The summed E-state index contributed by atoms with van der Waals surface area (Å²) in [6.07, 6.45) is 0. The van der Waals surface area contributed by atoms with Crippen LogP contribution in [-0.2, 0) is 0 Å². The predicted molar refractivity (Wildman–Crippen MR) is 120 cm³/mol. The first-order chi connectivity index (χ1) is 14.9. The summed E-state index contributed by atoms with van der Waals surface area (Å²) in [6.45, 7) is 3.53. The number of rotatable bonds is 3. The van der Waals surface area contributed by atoms with Crippen LogP contribution in [0.15, 0.2) is 53.1 Å². The van der Waals surface area contributed by atoms with Crippen molar-refractivity contribution in [3.63, 3.8) is 0 Å². The highest BCUT2D eigenvalue weighted by Crippen LogP contribution is 2.24. The molecule has 7 nitrogen and oxygen atoms in total. The average molecular weight is 459 g/mol. The van der Waals surface area contributed by atoms with E-state index >= 15 is 0 Å². The first kappa shape index (κ1) is 21.2. The van der Waals surface area contributed by atoms with E-state index in [0.717, 1.165) is 11.1 Å². The molecular weight excluding hydrogens is 439 g/mol. The van der Waals surface area contributed by atoms with Crippen molar-refractivity contribution in [2.45, 2.75) is 6.92 Å². The van der Waals surface area contributed by atoms with E-state index in [9.17, 15) is 9.59 Å². The van der Waals surface area contributed by atoms with Crippen molar-refractivity contribution in [2.24, 2.45) is 0 Å². The molecule has 0 bridgehead atoms. The maximum Gasteiger partial charge on any atom is 0.321 e. The number of hydrogen-bond donors (Lipinski definition) is 1. The number of hydrogen-bond acceptors (Lipinski definition) is 4. The molecule has 0 spiro atoms. The summed E-state index contributed by atoms with van der Waals surface area (Å²) in [5, 5.41) is 7.92. The number of carbonyl (C=O) groups excluding carboxylic acids is 2. The summed E-state index contributed by atoms with van der Waals surface area (Å²) in [4.78, 5) is 28.6. The van der Waals surface area contributed by atoms with Gasteiger partial charge >= 0.3 is 6.03 Å². The van der Waals surface area contributed by atoms with E-state index in [4.69, 9.17) is 27.7 Å². The molecule has 1 aromatic heterocycles. The molecule has 0 atom stereocenters. The Morgan fingerprint density at radius 1 is 1.00 bits per heavy atom. The van der Waals surface area contributed by atoms with Crippen LogP contribution in [0.5, 0.6) is 0 Å². The highest BCUT2D eigenvalue weighted by Gasteiger charge is 2.27. The number of aryl methyl sites for hydroxylation is 1. The van der Waals surface area contributed by atoms with E-state index in [1.807, 2.05) is 19.1 Å². The van der Waals surface area contributed by atoms with Crippen LogP contribution in [0.25, 0.3) is 11.3 Å². The second kappa shape index (κ2) is 8.99. The van der Waals surface area contributed by atoms with Crippen molar-refractivity contribution < 1.29 is 14.1 Å². The molecule has 4 rings (SSSR count). The quantitative estimate of drug-likeness (QED) is 0.602. The number of carbonyl (C=O) groups is 2. The summed E-state index contributed by atoms with van der Waals surface area (Å²) in [6, 6.07) is 13.9. The fourth-order valence-corrected chi connectivity index (χ4v) is 3.67. The van der Waals surface area contributed by atoms with Crippen molar-refractivity contribution >= 4 is 40.8 Å². The number of nitrogens with zero attached hydrogens (tertiary/aromatic N) is 3. The van der Waals surface area contributed by atoms with Crippen LogP contribution < -0.4 is 5.32 Å². The first-order valence-corrected chi connectivity index (χ1v) is 10.5. The van der Waals surface area contributed by atoms with Gasteiger partial charge in [-0.1, -0.05) is 46.6 Å². The fraction of sp³-hybridized carbons (Fsp3) is 0.227. The van der Waals surface area contributed by atoms with Crippen LogP contribution in [-0.4, -0.2) is 53.1 Å². The van der Waals surface area contributed by atoms with Crippen LogP contribution in [0.2, 0.25) is 10.0 Å². The SMILES string of the molecule is Cc1ccc(NC(=O)N2CCN(C(=O)c3cc(-c4cccc(Cl)c4)on3)CC2)cc1Cl. The zero-order valence-corrected chi connectivity index (χ0v) is 18.3. The van der Waals surface area contributed by atoms with Crippen molar-refractivity contribution in [3.8, 4) is 11.3 Å². The molecule has 0 aliphatic carbocycles. The number of benzene rings is 2. The van der Waals surface area contributed by atoms with Crippen molar-refractivity contribution in [1.82, 2.24) is 15.0 Å². The lowest BCUT2D eigenvalue weighted by Gasteiger charge is -2.34. The zero-order valence-electron chi connectivity index (χ0n) is 16.8. The molecule has 1 aliphatic heterocycles. The minimum Gasteiger partial charge on any atom is -0.355 e. The van der Waals surface area contributed by atoms with Crippen LogP contribution in [0.4, 0.5) is 10.5 Å². The van der Waals surface area contributed by atoms with E-state index in [0.29, 0.717) is 47.7 Å². The minimum absolute atomic E-state index is 0.224. The zero-order chi connectivity index (χ0) is 22.0. The Bertz CT molecular complexity index is 1120. The molecule has 0 radical (unpaired) electrons. The van der Waals surface area contributed by atoms with Crippen LogP contribution in [0, 0.1) is 6.92 Å². The second-order valence-electron chi connectivity index (χ2n) is 7.26. The lowest BCUT2D eigenvalue weighted by molar-refractivity contribution is 0.0661. The first-order valence-electron chi connectivity index (χ1n) is 9.75. The Kier molecular flexibility index (Phi) is 6.15. The maximum absolute atomic E-state index is 12.8. The third-order valence-electron chi connectivity index (χ3n) is 5.12.